The van der Waals surface area contributed by atoms with Gasteiger partial charge in [0.1, 0.15) is 0 Å². The summed E-state index contributed by atoms with van der Waals surface area (Å²) in [5.74, 6) is -1.81. The van der Waals surface area contributed by atoms with E-state index in [0.29, 0.717) is 51.5 Å². The molecule has 0 aromatic rings. The van der Waals surface area contributed by atoms with Crippen LogP contribution in [0, 0.1) is 0 Å². The number of allylic oxidation sites excluding steroid dienone is 1. The highest BCUT2D eigenvalue weighted by Crippen LogP contribution is 2.40. The second-order valence-electron chi connectivity index (χ2n) is 5.80. The van der Waals surface area contributed by atoms with E-state index in [1.165, 1.54) is 10.4 Å². The molecule has 3 heterocycles. The van der Waals surface area contributed by atoms with E-state index in [1.54, 1.807) is 6.08 Å². The lowest BCUT2D eigenvalue weighted by atomic mass is 9.96. The lowest BCUT2D eigenvalue weighted by molar-refractivity contribution is -0.163. The van der Waals surface area contributed by atoms with Crippen molar-refractivity contribution in [3.8, 4) is 0 Å². The molecule has 0 radical (unpaired) electrons. The van der Waals surface area contributed by atoms with E-state index in [1.807, 2.05) is 0 Å². The number of fused-ring (bicyclic) bond motifs is 2. The Kier molecular flexibility index (Phi) is 3.58. The van der Waals surface area contributed by atoms with Gasteiger partial charge in [-0.15, -0.1) is 0 Å². The van der Waals surface area contributed by atoms with Crippen molar-refractivity contribution in [3.05, 3.63) is 22.6 Å². The summed E-state index contributed by atoms with van der Waals surface area (Å²) in [5.41, 5.74) is 0.550. The van der Waals surface area contributed by atoms with Gasteiger partial charge in [0.25, 0.3) is 11.7 Å². The normalized spacial score (nSPS) is 30.8. The second-order valence-corrected chi connectivity index (χ2v) is 7.74. The van der Waals surface area contributed by atoms with Crippen LogP contribution in [0.4, 0.5) is 0 Å². The van der Waals surface area contributed by atoms with Gasteiger partial charge in [-0.1, -0.05) is 6.08 Å². The molecule has 3 fully saturated rings. The van der Waals surface area contributed by atoms with Crippen molar-refractivity contribution in [2.45, 2.75) is 18.2 Å². The molecule has 1 aliphatic carbocycles. The zero-order valence-electron chi connectivity index (χ0n) is 12.5. The van der Waals surface area contributed by atoms with Crippen molar-refractivity contribution in [1.82, 2.24) is 9.62 Å². The molecule has 3 saturated heterocycles. The summed E-state index contributed by atoms with van der Waals surface area (Å²) < 4.78 is 43.2. The van der Waals surface area contributed by atoms with Crippen molar-refractivity contribution < 1.29 is 27.4 Å². The summed E-state index contributed by atoms with van der Waals surface area (Å²) in [6.07, 6.45) is 3.58. The second kappa shape index (κ2) is 5.38. The third-order valence-electron chi connectivity index (χ3n) is 4.51. The quantitative estimate of drug-likeness (QED) is 0.699. The maximum atomic E-state index is 12.8. The summed E-state index contributed by atoms with van der Waals surface area (Å²) in [6, 6.07) is -0.274. The van der Waals surface area contributed by atoms with Gasteiger partial charge in [-0.25, -0.2) is 8.42 Å². The third kappa shape index (κ3) is 2.26. The van der Waals surface area contributed by atoms with Gasteiger partial charge in [-0.05, 0) is 12.5 Å². The molecule has 1 unspecified atom stereocenters. The van der Waals surface area contributed by atoms with Crippen LogP contribution in [0.3, 0.4) is 0 Å². The predicted octanol–water partition coefficient (Wildman–Crippen LogP) is -0.896. The molecular weight excluding hydrogens is 324 g/mol. The number of ether oxygens (including phenoxy) is 3. The smallest absolute Gasteiger partial charge is 0.285 e. The van der Waals surface area contributed by atoms with Gasteiger partial charge in [-0.3, -0.25) is 4.79 Å². The predicted molar refractivity (Wildman–Crippen MR) is 78.7 cm³/mol. The third-order valence-corrected chi connectivity index (χ3v) is 6.44. The number of hydrogen-bond acceptors (Lipinski definition) is 6. The fourth-order valence-electron chi connectivity index (χ4n) is 3.35. The minimum absolute atomic E-state index is 0.195. The van der Waals surface area contributed by atoms with E-state index in [2.05, 4.69) is 5.32 Å². The molecule has 1 N–H and O–H groups in total. The summed E-state index contributed by atoms with van der Waals surface area (Å²) in [6.45, 7) is 2.08. The minimum atomic E-state index is -3.60. The van der Waals surface area contributed by atoms with Crippen molar-refractivity contribution in [2.75, 3.05) is 39.5 Å². The first-order valence-electron chi connectivity index (χ1n) is 7.63. The monoisotopic (exact) mass is 342 g/mol. The Morgan fingerprint density at radius 3 is 2.57 bits per heavy atom. The number of morpholine rings is 1. The number of nitrogens with zero attached hydrogens (tertiary/aromatic N) is 1. The molecule has 1 atom stereocenters. The lowest BCUT2D eigenvalue weighted by Gasteiger charge is -2.29. The Labute approximate surface area is 134 Å². The van der Waals surface area contributed by atoms with Crippen molar-refractivity contribution >= 4 is 15.9 Å². The van der Waals surface area contributed by atoms with Crippen LogP contribution in [-0.2, 0) is 29.0 Å². The van der Waals surface area contributed by atoms with Gasteiger partial charge in [0, 0.05) is 18.7 Å². The zero-order valence-corrected chi connectivity index (χ0v) is 13.3. The van der Waals surface area contributed by atoms with Crippen molar-refractivity contribution in [2.24, 2.45) is 0 Å². The van der Waals surface area contributed by atoms with Crippen LogP contribution in [0.15, 0.2) is 22.6 Å². The molecule has 4 rings (SSSR count). The van der Waals surface area contributed by atoms with E-state index >= 15 is 0 Å². The highest BCUT2D eigenvalue weighted by Gasteiger charge is 2.57. The number of rotatable bonds is 2. The summed E-state index contributed by atoms with van der Waals surface area (Å²) in [4.78, 5) is 12.4. The molecule has 0 saturated carbocycles. The maximum absolute atomic E-state index is 12.8. The Morgan fingerprint density at radius 2 is 1.87 bits per heavy atom. The molecule has 9 heteroatoms. The molecule has 23 heavy (non-hydrogen) atoms. The van der Waals surface area contributed by atoms with Crippen LogP contribution in [-0.4, -0.2) is 70.0 Å². The molecule has 1 amide bonds. The summed E-state index contributed by atoms with van der Waals surface area (Å²) >= 11 is 0. The van der Waals surface area contributed by atoms with Crippen LogP contribution >= 0.6 is 0 Å². The number of carbonyl (C=O) groups excluding carboxylic acids is 1. The Hall–Kier alpha value is -1.26. The Balaban J connectivity index is 1.68. The van der Waals surface area contributed by atoms with E-state index in [0.717, 1.165) is 0 Å². The Morgan fingerprint density at radius 1 is 1.17 bits per heavy atom. The van der Waals surface area contributed by atoms with Crippen LogP contribution in [0.25, 0.3) is 0 Å². The van der Waals surface area contributed by atoms with Crippen LogP contribution < -0.4 is 5.32 Å². The number of nitrogens with one attached hydrogen (secondary N) is 1. The lowest BCUT2D eigenvalue weighted by Crippen LogP contribution is -2.42. The van der Waals surface area contributed by atoms with Gasteiger partial charge in [0.05, 0.1) is 37.4 Å². The van der Waals surface area contributed by atoms with Crippen LogP contribution in [0.2, 0.25) is 0 Å². The first kappa shape index (κ1) is 15.3. The molecule has 3 aliphatic heterocycles. The van der Waals surface area contributed by atoms with Gasteiger partial charge in [0.2, 0.25) is 10.0 Å². The number of sulfonamides is 1. The largest absolute Gasteiger partial charge is 0.379 e. The fourth-order valence-corrected chi connectivity index (χ4v) is 4.86. The molecular formula is C14H18N2O6S. The first-order valence-corrected chi connectivity index (χ1v) is 9.07. The van der Waals surface area contributed by atoms with E-state index in [-0.39, 0.29) is 16.9 Å². The van der Waals surface area contributed by atoms with Gasteiger partial charge >= 0.3 is 0 Å². The molecule has 0 aromatic carbocycles. The van der Waals surface area contributed by atoms with Gasteiger partial charge < -0.3 is 19.5 Å². The standard InChI is InChI=1S/C14H18N2O6S/c17-13-14(21-7-8-22-14)11-9-10(1-2-12(11)15-13)23(18,19)16-3-5-20-6-4-16/h1,9,12H,2-8H2,(H,15,17). The first-order chi connectivity index (χ1) is 11.0. The summed E-state index contributed by atoms with van der Waals surface area (Å²) in [5, 5.41) is 2.81. The van der Waals surface area contributed by atoms with Crippen LogP contribution in [0.1, 0.15) is 6.42 Å². The van der Waals surface area contributed by atoms with E-state index in [9.17, 15) is 13.2 Å². The maximum Gasteiger partial charge on any atom is 0.285 e. The molecule has 0 bridgehead atoms. The highest BCUT2D eigenvalue weighted by molar-refractivity contribution is 7.93. The average molecular weight is 342 g/mol. The molecule has 1 spiro atoms. The highest BCUT2D eigenvalue weighted by atomic mass is 32.2. The van der Waals surface area contributed by atoms with Gasteiger partial charge in [-0.2, -0.15) is 4.31 Å². The number of carbonyl (C=O) groups is 1. The van der Waals surface area contributed by atoms with Crippen molar-refractivity contribution in [3.63, 3.8) is 0 Å². The molecule has 8 nitrogen and oxygen atoms in total. The van der Waals surface area contributed by atoms with E-state index < -0.39 is 15.8 Å². The SMILES string of the molecule is O=C1NC2CC=C(S(=O)(=O)N3CCOCC3)C=C2C12OCCO2. The Bertz CT molecular complexity index is 686. The zero-order chi connectivity index (χ0) is 16.1. The van der Waals surface area contributed by atoms with Crippen molar-refractivity contribution in [1.29, 1.82) is 0 Å². The molecule has 0 aromatic heterocycles. The van der Waals surface area contributed by atoms with Gasteiger partial charge in [0.15, 0.2) is 0 Å². The molecule has 4 aliphatic rings. The summed E-state index contributed by atoms with van der Waals surface area (Å²) in [7, 11) is -3.60. The average Bonchev–Trinajstić information content (AvgIpc) is 3.16. The minimum Gasteiger partial charge on any atom is -0.379 e. The topological polar surface area (TPSA) is 94.2 Å². The fraction of sp³-hybridized carbons (Fsp3) is 0.643. The van der Waals surface area contributed by atoms with Crippen LogP contribution in [0.5, 0.6) is 0 Å². The van der Waals surface area contributed by atoms with E-state index in [4.69, 9.17) is 14.2 Å². The number of amides is 1. The molecule has 126 valence electrons. The number of hydrogen-bond donors (Lipinski definition) is 1.